The summed E-state index contributed by atoms with van der Waals surface area (Å²) in [4.78, 5) is 0. The lowest BCUT2D eigenvalue weighted by Gasteiger charge is -2.10. The van der Waals surface area contributed by atoms with E-state index in [0.29, 0.717) is 5.92 Å². The van der Waals surface area contributed by atoms with E-state index in [-0.39, 0.29) is 0 Å². The maximum absolute atomic E-state index is 2.74. The molecule has 0 saturated carbocycles. The van der Waals surface area contributed by atoms with Gasteiger partial charge in [-0.15, -0.1) is 0 Å². The summed E-state index contributed by atoms with van der Waals surface area (Å²) in [6.07, 6.45) is 15.7. The largest absolute Gasteiger partial charge is 0.224 e. The van der Waals surface area contributed by atoms with Crippen LogP contribution in [0.5, 0.6) is 0 Å². The van der Waals surface area contributed by atoms with Gasteiger partial charge in [-0.1, -0.05) is 90.8 Å². The van der Waals surface area contributed by atoms with Gasteiger partial charge in [-0.2, -0.15) is 0 Å². The number of hydrogen-bond acceptors (Lipinski definition) is 1. The SMILES string of the molecule is CCCCCCCCCCCC[N+]1=C(C(C)C)SCC1CC. The van der Waals surface area contributed by atoms with E-state index in [1.807, 2.05) is 0 Å². The monoisotopic (exact) mass is 326 g/mol. The first-order chi connectivity index (χ1) is 10.7. The standard InChI is InChI=1S/C20H40NS/c1-5-7-8-9-10-11-12-13-14-15-16-21-19(6-2)17-22-20(21)18(3)4/h18-19H,5-17H2,1-4H3/q+1. The average Bonchev–Trinajstić information content (AvgIpc) is 2.92. The Morgan fingerprint density at radius 3 is 1.95 bits per heavy atom. The first kappa shape index (κ1) is 20.1. The molecule has 1 heterocycles. The molecule has 1 unspecified atom stereocenters. The molecule has 22 heavy (non-hydrogen) atoms. The predicted octanol–water partition coefficient (Wildman–Crippen LogP) is 6.50. The van der Waals surface area contributed by atoms with E-state index in [4.69, 9.17) is 0 Å². The summed E-state index contributed by atoms with van der Waals surface area (Å²) >= 11 is 2.12. The molecule has 0 aromatic carbocycles. The van der Waals surface area contributed by atoms with Crippen molar-refractivity contribution in [2.75, 3.05) is 12.3 Å². The second-order valence-corrected chi connectivity index (χ2v) is 8.28. The fraction of sp³-hybridized carbons (Fsp3) is 0.950. The van der Waals surface area contributed by atoms with Crippen LogP contribution in [0.2, 0.25) is 0 Å². The Labute approximate surface area is 144 Å². The summed E-state index contributed by atoms with van der Waals surface area (Å²) in [6.45, 7) is 10.7. The molecular formula is C20H40NS+. The molecule has 1 rings (SSSR count). The van der Waals surface area contributed by atoms with E-state index in [0.717, 1.165) is 6.04 Å². The minimum Gasteiger partial charge on any atom is -0.224 e. The predicted molar refractivity (Wildman–Crippen MR) is 103 cm³/mol. The van der Waals surface area contributed by atoms with Crippen molar-refractivity contribution in [2.24, 2.45) is 5.92 Å². The topological polar surface area (TPSA) is 3.01 Å². The molecule has 0 amide bonds. The Morgan fingerprint density at radius 2 is 1.45 bits per heavy atom. The van der Waals surface area contributed by atoms with Crippen LogP contribution in [0.15, 0.2) is 0 Å². The van der Waals surface area contributed by atoms with E-state index in [9.17, 15) is 0 Å². The van der Waals surface area contributed by atoms with Gasteiger partial charge in [0, 0.05) is 18.8 Å². The lowest BCUT2D eigenvalue weighted by atomic mass is 10.1. The smallest absolute Gasteiger partial charge is 0.213 e. The molecule has 0 bridgehead atoms. The average molecular weight is 327 g/mol. The van der Waals surface area contributed by atoms with Crippen molar-refractivity contribution >= 4 is 16.8 Å². The Morgan fingerprint density at radius 1 is 0.909 bits per heavy atom. The van der Waals surface area contributed by atoms with Crippen molar-refractivity contribution in [3.05, 3.63) is 0 Å². The van der Waals surface area contributed by atoms with E-state index >= 15 is 0 Å². The molecule has 0 saturated heterocycles. The summed E-state index contributed by atoms with van der Waals surface area (Å²) < 4.78 is 2.74. The number of hydrogen-bond donors (Lipinski definition) is 0. The lowest BCUT2D eigenvalue weighted by molar-refractivity contribution is -0.558. The van der Waals surface area contributed by atoms with Gasteiger partial charge >= 0.3 is 0 Å². The quantitative estimate of drug-likeness (QED) is 0.276. The zero-order valence-corrected chi connectivity index (χ0v) is 16.5. The van der Waals surface area contributed by atoms with Gasteiger partial charge in [0.05, 0.1) is 5.75 Å². The molecule has 0 fully saturated rings. The van der Waals surface area contributed by atoms with Gasteiger partial charge in [0.25, 0.3) is 0 Å². The third kappa shape index (κ3) is 7.53. The van der Waals surface area contributed by atoms with Gasteiger partial charge < -0.3 is 0 Å². The van der Waals surface area contributed by atoms with Gasteiger partial charge in [0.2, 0.25) is 5.04 Å². The van der Waals surface area contributed by atoms with Crippen LogP contribution in [0.4, 0.5) is 0 Å². The maximum atomic E-state index is 2.74. The van der Waals surface area contributed by atoms with Crippen LogP contribution in [-0.2, 0) is 0 Å². The Hall–Kier alpha value is 0.0200. The summed E-state index contributed by atoms with van der Waals surface area (Å²) in [6, 6.07) is 0.806. The third-order valence-corrected chi connectivity index (χ3v) is 6.42. The minimum absolute atomic E-state index is 0.713. The molecular weight excluding hydrogens is 286 g/mol. The zero-order valence-electron chi connectivity index (χ0n) is 15.7. The second kappa shape index (κ2) is 12.4. The van der Waals surface area contributed by atoms with Crippen LogP contribution in [-0.4, -0.2) is 28.0 Å². The highest BCUT2D eigenvalue weighted by Gasteiger charge is 2.33. The van der Waals surface area contributed by atoms with Crippen molar-refractivity contribution in [3.63, 3.8) is 0 Å². The molecule has 0 radical (unpaired) electrons. The van der Waals surface area contributed by atoms with Gasteiger partial charge in [-0.25, -0.2) is 4.58 Å². The highest BCUT2D eigenvalue weighted by atomic mass is 32.2. The van der Waals surface area contributed by atoms with Crippen LogP contribution in [0.1, 0.15) is 98.3 Å². The van der Waals surface area contributed by atoms with Crippen molar-refractivity contribution in [2.45, 2.75) is 104 Å². The van der Waals surface area contributed by atoms with Crippen molar-refractivity contribution in [1.29, 1.82) is 0 Å². The molecule has 130 valence electrons. The van der Waals surface area contributed by atoms with Crippen LogP contribution in [0.3, 0.4) is 0 Å². The van der Waals surface area contributed by atoms with Gasteiger partial charge in [-0.3, -0.25) is 0 Å². The van der Waals surface area contributed by atoms with Crippen LogP contribution >= 0.6 is 11.8 Å². The molecule has 0 aliphatic carbocycles. The first-order valence-corrected chi connectivity index (χ1v) is 11.0. The molecule has 1 nitrogen and oxygen atoms in total. The normalized spacial score (nSPS) is 18.7. The van der Waals surface area contributed by atoms with Gasteiger partial charge in [-0.05, 0) is 6.42 Å². The zero-order chi connectivity index (χ0) is 16.2. The number of thioether (sulfide) groups is 1. The summed E-state index contributed by atoms with van der Waals surface area (Å²) in [5.41, 5.74) is 0. The number of nitrogens with zero attached hydrogens (tertiary/aromatic N) is 1. The van der Waals surface area contributed by atoms with E-state index < -0.39 is 0 Å². The van der Waals surface area contributed by atoms with E-state index in [1.54, 1.807) is 5.04 Å². The van der Waals surface area contributed by atoms with Crippen molar-refractivity contribution in [3.8, 4) is 0 Å². The summed E-state index contributed by atoms with van der Waals surface area (Å²) in [7, 11) is 0. The third-order valence-electron chi connectivity index (χ3n) is 4.87. The Balaban J connectivity index is 2.09. The molecule has 0 N–H and O–H groups in total. The fourth-order valence-corrected chi connectivity index (χ4v) is 4.95. The van der Waals surface area contributed by atoms with E-state index in [1.165, 1.54) is 82.9 Å². The molecule has 0 spiro atoms. The lowest BCUT2D eigenvalue weighted by Crippen LogP contribution is -2.28. The van der Waals surface area contributed by atoms with Crippen LogP contribution in [0, 0.1) is 5.92 Å². The molecule has 1 aliphatic heterocycles. The Kier molecular flexibility index (Phi) is 11.3. The minimum atomic E-state index is 0.713. The summed E-state index contributed by atoms with van der Waals surface area (Å²) in [5.74, 6) is 2.03. The highest BCUT2D eigenvalue weighted by molar-refractivity contribution is 8.13. The maximum Gasteiger partial charge on any atom is 0.213 e. The molecule has 2 heteroatoms. The van der Waals surface area contributed by atoms with Crippen molar-refractivity contribution < 1.29 is 4.58 Å². The molecule has 0 aromatic rings. The molecule has 1 aliphatic rings. The highest BCUT2D eigenvalue weighted by Crippen LogP contribution is 2.25. The van der Waals surface area contributed by atoms with Gasteiger partial charge in [0.1, 0.15) is 6.54 Å². The summed E-state index contributed by atoms with van der Waals surface area (Å²) in [5, 5.41) is 1.66. The van der Waals surface area contributed by atoms with E-state index in [2.05, 4.69) is 44.0 Å². The second-order valence-electron chi connectivity index (χ2n) is 7.24. The molecule has 0 aromatic heterocycles. The Bertz CT molecular complexity index is 309. The first-order valence-electron chi connectivity index (χ1n) is 9.96. The van der Waals surface area contributed by atoms with Crippen LogP contribution in [0.25, 0.3) is 0 Å². The van der Waals surface area contributed by atoms with Crippen LogP contribution < -0.4 is 0 Å². The van der Waals surface area contributed by atoms with Crippen molar-refractivity contribution in [1.82, 2.24) is 0 Å². The number of unbranched alkanes of at least 4 members (excludes halogenated alkanes) is 9. The fourth-order valence-electron chi connectivity index (χ4n) is 3.43. The molecule has 1 atom stereocenters. The van der Waals surface area contributed by atoms with Gasteiger partial charge in [0.15, 0.2) is 6.04 Å². The number of rotatable bonds is 13.